The van der Waals surface area contributed by atoms with Crippen LogP contribution in [-0.4, -0.2) is 38.0 Å². The quantitative estimate of drug-likeness (QED) is 0.837. The number of carbonyl (C=O) groups is 1. The van der Waals surface area contributed by atoms with E-state index < -0.39 is 0 Å². The van der Waals surface area contributed by atoms with Crippen molar-refractivity contribution in [3.63, 3.8) is 0 Å². The van der Waals surface area contributed by atoms with Gasteiger partial charge in [0.1, 0.15) is 5.78 Å². The Morgan fingerprint density at radius 1 is 1.10 bits per heavy atom. The fourth-order valence-corrected chi connectivity index (χ4v) is 4.22. The summed E-state index contributed by atoms with van der Waals surface area (Å²) in [4.78, 5) is 14.9. The van der Waals surface area contributed by atoms with Gasteiger partial charge in [0.05, 0.1) is 14.2 Å². The monoisotopic (exact) mass is 287 g/mol. The summed E-state index contributed by atoms with van der Waals surface area (Å²) in [7, 11) is 3.34. The van der Waals surface area contributed by atoms with Gasteiger partial charge in [-0.15, -0.1) is 0 Å². The summed E-state index contributed by atoms with van der Waals surface area (Å²) in [5, 5.41) is 0. The molecule has 21 heavy (non-hydrogen) atoms. The zero-order valence-corrected chi connectivity index (χ0v) is 12.6. The van der Waals surface area contributed by atoms with E-state index in [-0.39, 0.29) is 11.5 Å². The molecular formula is C17H21NO3. The third-order valence-electron chi connectivity index (χ3n) is 5.47. The molecule has 0 radical (unpaired) electrons. The zero-order valence-electron chi connectivity index (χ0n) is 12.6. The molecule has 0 amide bonds. The molecule has 2 fully saturated rings. The van der Waals surface area contributed by atoms with E-state index >= 15 is 0 Å². The van der Waals surface area contributed by atoms with Gasteiger partial charge in [-0.05, 0) is 42.5 Å². The van der Waals surface area contributed by atoms with Crippen molar-refractivity contribution in [1.82, 2.24) is 4.90 Å². The van der Waals surface area contributed by atoms with E-state index in [0.29, 0.717) is 5.78 Å². The zero-order chi connectivity index (χ0) is 14.6. The summed E-state index contributed by atoms with van der Waals surface area (Å²) in [6.45, 7) is 1.95. The predicted octanol–water partition coefficient (Wildman–Crippen LogP) is 2.36. The Bertz CT molecular complexity index is 606. The minimum absolute atomic E-state index is 0.104. The summed E-state index contributed by atoms with van der Waals surface area (Å²) in [6, 6.07) is 4.45. The molecule has 4 heteroatoms. The molecule has 1 aromatic rings. The Hall–Kier alpha value is -1.55. The summed E-state index contributed by atoms with van der Waals surface area (Å²) < 4.78 is 10.9. The smallest absolute Gasteiger partial charge is 0.161 e. The van der Waals surface area contributed by atoms with Gasteiger partial charge in [0.2, 0.25) is 0 Å². The number of nitrogens with zero attached hydrogens (tertiary/aromatic N) is 1. The van der Waals surface area contributed by atoms with Gasteiger partial charge in [0, 0.05) is 31.0 Å². The molecule has 1 spiro atoms. The lowest BCUT2D eigenvalue weighted by Crippen LogP contribution is -2.48. The van der Waals surface area contributed by atoms with Gasteiger partial charge >= 0.3 is 0 Å². The number of ketones is 1. The summed E-state index contributed by atoms with van der Waals surface area (Å²) in [5.41, 5.74) is 2.49. The number of hydrogen-bond acceptors (Lipinski definition) is 4. The minimum Gasteiger partial charge on any atom is -0.493 e. The van der Waals surface area contributed by atoms with Crippen molar-refractivity contribution in [2.45, 2.75) is 31.7 Å². The van der Waals surface area contributed by atoms with Gasteiger partial charge in [-0.3, -0.25) is 9.69 Å². The average Bonchev–Trinajstić information content (AvgIpc) is 3.30. The van der Waals surface area contributed by atoms with Crippen LogP contribution in [0.15, 0.2) is 12.1 Å². The standard InChI is InChI=1S/C17H21NO3/c1-20-13-9-11-3-7-18-8-4-15(19)17(5-6-17)16(18)12(11)10-14(13)21-2/h9-10,16H,3-8H2,1-2H3. The maximum absolute atomic E-state index is 12.4. The van der Waals surface area contributed by atoms with Crippen LogP contribution in [0.1, 0.15) is 36.4 Å². The van der Waals surface area contributed by atoms with Crippen molar-refractivity contribution >= 4 is 5.78 Å². The molecule has 1 saturated carbocycles. The second-order valence-electron chi connectivity index (χ2n) is 6.42. The topological polar surface area (TPSA) is 38.8 Å². The number of ether oxygens (including phenoxy) is 2. The SMILES string of the molecule is COc1cc2c(cc1OC)C1N(CCC(=O)C13CC3)CC2. The number of fused-ring (bicyclic) bond motifs is 4. The molecule has 1 aliphatic carbocycles. The molecule has 4 nitrogen and oxygen atoms in total. The van der Waals surface area contributed by atoms with E-state index in [1.54, 1.807) is 14.2 Å². The van der Waals surface area contributed by atoms with Crippen LogP contribution in [0.5, 0.6) is 11.5 Å². The molecule has 0 bridgehead atoms. The van der Waals surface area contributed by atoms with Crippen molar-refractivity contribution < 1.29 is 14.3 Å². The molecule has 112 valence electrons. The highest BCUT2D eigenvalue weighted by atomic mass is 16.5. The fraction of sp³-hybridized carbons (Fsp3) is 0.588. The van der Waals surface area contributed by atoms with Crippen LogP contribution in [0.2, 0.25) is 0 Å². The Morgan fingerprint density at radius 2 is 1.76 bits per heavy atom. The minimum atomic E-state index is -0.104. The number of hydrogen-bond donors (Lipinski definition) is 0. The molecule has 0 aromatic heterocycles. The van der Waals surface area contributed by atoms with Crippen molar-refractivity contribution in [2.24, 2.45) is 5.41 Å². The van der Waals surface area contributed by atoms with Crippen LogP contribution in [0.25, 0.3) is 0 Å². The molecule has 1 unspecified atom stereocenters. The number of rotatable bonds is 2. The molecule has 3 aliphatic rings. The van der Waals surface area contributed by atoms with Crippen molar-refractivity contribution in [1.29, 1.82) is 0 Å². The summed E-state index contributed by atoms with van der Waals surface area (Å²) in [5.74, 6) is 2.02. The third kappa shape index (κ3) is 1.75. The van der Waals surface area contributed by atoms with Crippen LogP contribution in [0.4, 0.5) is 0 Å². The van der Waals surface area contributed by atoms with Crippen LogP contribution in [0, 0.1) is 5.41 Å². The lowest BCUT2D eigenvalue weighted by Gasteiger charge is -2.45. The maximum atomic E-state index is 12.4. The second kappa shape index (κ2) is 4.47. The number of methoxy groups -OCH3 is 2. The van der Waals surface area contributed by atoms with E-state index in [2.05, 4.69) is 17.0 Å². The summed E-state index contributed by atoms with van der Waals surface area (Å²) in [6.07, 6.45) is 3.83. The molecule has 1 aromatic carbocycles. The first kappa shape index (κ1) is 13.1. The largest absolute Gasteiger partial charge is 0.493 e. The van der Waals surface area contributed by atoms with Crippen molar-refractivity contribution in [3.05, 3.63) is 23.3 Å². The molecule has 4 rings (SSSR count). The highest BCUT2D eigenvalue weighted by Crippen LogP contribution is 2.62. The first-order chi connectivity index (χ1) is 10.2. The highest BCUT2D eigenvalue weighted by Gasteiger charge is 2.60. The molecular weight excluding hydrogens is 266 g/mol. The third-order valence-corrected chi connectivity index (χ3v) is 5.47. The lowest BCUT2D eigenvalue weighted by atomic mass is 9.76. The Labute approximate surface area is 125 Å². The van der Waals surface area contributed by atoms with Gasteiger partial charge in [0.25, 0.3) is 0 Å². The van der Waals surface area contributed by atoms with Gasteiger partial charge < -0.3 is 9.47 Å². The van der Waals surface area contributed by atoms with Gasteiger partial charge in [-0.1, -0.05) is 0 Å². The van der Waals surface area contributed by atoms with E-state index in [1.807, 2.05) is 0 Å². The number of benzene rings is 1. The van der Waals surface area contributed by atoms with E-state index in [4.69, 9.17) is 9.47 Å². The first-order valence-corrected chi connectivity index (χ1v) is 7.72. The number of piperidine rings is 1. The number of carbonyl (C=O) groups excluding carboxylic acids is 1. The van der Waals surface area contributed by atoms with Gasteiger partial charge in [-0.2, -0.15) is 0 Å². The average molecular weight is 287 g/mol. The van der Waals surface area contributed by atoms with Crippen LogP contribution < -0.4 is 9.47 Å². The normalized spacial score (nSPS) is 26.2. The van der Waals surface area contributed by atoms with E-state index in [1.165, 1.54) is 11.1 Å². The molecule has 2 aliphatic heterocycles. The molecule has 1 saturated heterocycles. The second-order valence-corrected chi connectivity index (χ2v) is 6.42. The van der Waals surface area contributed by atoms with Crippen LogP contribution >= 0.6 is 0 Å². The molecule has 0 N–H and O–H groups in total. The Kier molecular flexibility index (Phi) is 2.80. The van der Waals surface area contributed by atoms with Crippen molar-refractivity contribution in [2.75, 3.05) is 27.3 Å². The van der Waals surface area contributed by atoms with Crippen LogP contribution in [-0.2, 0) is 11.2 Å². The van der Waals surface area contributed by atoms with E-state index in [9.17, 15) is 4.79 Å². The van der Waals surface area contributed by atoms with E-state index in [0.717, 1.165) is 50.3 Å². The van der Waals surface area contributed by atoms with Gasteiger partial charge in [-0.25, -0.2) is 0 Å². The number of Topliss-reactive ketones (excluding diaryl/α,β-unsaturated/α-hetero) is 1. The predicted molar refractivity (Wildman–Crippen MR) is 78.9 cm³/mol. The van der Waals surface area contributed by atoms with Crippen molar-refractivity contribution in [3.8, 4) is 11.5 Å². The molecule has 2 heterocycles. The maximum Gasteiger partial charge on any atom is 0.161 e. The Morgan fingerprint density at radius 3 is 2.43 bits per heavy atom. The fourth-order valence-electron chi connectivity index (χ4n) is 4.22. The highest BCUT2D eigenvalue weighted by molar-refractivity contribution is 5.89. The van der Waals surface area contributed by atoms with Gasteiger partial charge in [0.15, 0.2) is 11.5 Å². The first-order valence-electron chi connectivity index (χ1n) is 7.72. The lowest BCUT2D eigenvalue weighted by molar-refractivity contribution is -0.131. The Balaban J connectivity index is 1.84. The molecule has 1 atom stereocenters. The van der Waals surface area contributed by atoms with Crippen LogP contribution in [0.3, 0.4) is 0 Å². The summed E-state index contributed by atoms with van der Waals surface area (Å²) >= 11 is 0.